The Balaban J connectivity index is 0.000000833. The van der Waals surface area contributed by atoms with E-state index in [9.17, 15) is 33.9 Å². The van der Waals surface area contributed by atoms with Crippen LogP contribution in [-0.4, -0.2) is 71.4 Å². The highest BCUT2D eigenvalue weighted by atomic mass is 79.9. The number of Topliss-reactive ketones (excluding diaryl/α,β-unsaturated/α-hetero) is 3. The van der Waals surface area contributed by atoms with Crippen molar-refractivity contribution >= 4 is 86.4 Å². The van der Waals surface area contributed by atoms with Crippen LogP contribution in [0.25, 0.3) is 0 Å². The average Bonchev–Trinajstić information content (AvgIpc) is 3.25. The molecule has 1 unspecified atom stereocenters. The first-order valence-electron chi connectivity index (χ1n) is 21.4. The number of carbonyl (C=O) groups excluding carboxylic acids is 7. The van der Waals surface area contributed by atoms with Gasteiger partial charge in [-0.15, -0.1) is 0 Å². The monoisotopic (exact) mass is 1010 g/mol. The first kappa shape index (κ1) is 61.9. The van der Waals surface area contributed by atoms with Gasteiger partial charge in [0.05, 0.1) is 22.8 Å². The highest BCUT2D eigenvalue weighted by Gasteiger charge is 2.24. The Morgan fingerprint density at radius 3 is 1.39 bits per heavy atom. The van der Waals surface area contributed by atoms with Crippen molar-refractivity contribution in [1.29, 1.82) is 0 Å². The van der Waals surface area contributed by atoms with Crippen LogP contribution in [0.1, 0.15) is 140 Å². The zero-order chi connectivity index (χ0) is 53.3. The summed E-state index contributed by atoms with van der Waals surface area (Å²) in [6, 6.07) is 17.2. The Morgan fingerprint density at radius 2 is 0.986 bits per heavy atom. The van der Waals surface area contributed by atoms with Gasteiger partial charge in [0, 0.05) is 57.3 Å². The maximum atomic E-state index is 11.8. The average molecular weight is 1020 g/mol. The van der Waals surface area contributed by atoms with Gasteiger partial charge in [0.2, 0.25) is 17.7 Å². The summed E-state index contributed by atoms with van der Waals surface area (Å²) < 4.78 is 0.761. The number of halogens is 1. The molecule has 0 radical (unpaired) electrons. The molecule has 0 bridgehead atoms. The van der Waals surface area contributed by atoms with E-state index in [2.05, 4.69) is 56.8 Å². The normalized spacial score (nSPS) is 10.8. The van der Waals surface area contributed by atoms with E-state index in [1.807, 2.05) is 53.7 Å². The number of carbonyl (C=O) groups is 7. The fraction of sp³-hybridized carbons (Fsp3) is 0.360. The van der Waals surface area contributed by atoms with Crippen LogP contribution in [0.5, 0.6) is 0 Å². The number of aldehydes is 1. The van der Waals surface area contributed by atoms with E-state index < -0.39 is 16.9 Å². The molecule has 5 heterocycles. The molecule has 5 aromatic heterocycles. The van der Waals surface area contributed by atoms with Crippen molar-refractivity contribution < 1.29 is 38.7 Å². The van der Waals surface area contributed by atoms with Crippen LogP contribution in [0.15, 0.2) is 96.1 Å². The Hall–Kier alpha value is -7.12. The number of nitrogens with zero attached hydrogens (tertiary/aromatic N) is 5. The summed E-state index contributed by atoms with van der Waals surface area (Å²) in [5.74, 6) is 1.40. The molecule has 0 saturated carbocycles. The van der Waals surface area contributed by atoms with Crippen LogP contribution in [0.2, 0.25) is 0 Å². The topological polar surface area (TPSA) is 292 Å². The molecule has 18 nitrogen and oxygen atoms in total. The zero-order valence-electron chi connectivity index (χ0n) is 41.9. The number of hydrogen-bond acceptors (Lipinski definition) is 15. The minimum absolute atomic E-state index is 0.0220. The van der Waals surface area contributed by atoms with E-state index >= 15 is 0 Å². The van der Waals surface area contributed by atoms with Crippen molar-refractivity contribution in [1.82, 2.24) is 24.9 Å². The van der Waals surface area contributed by atoms with Crippen LogP contribution < -0.4 is 27.4 Å². The fourth-order valence-corrected chi connectivity index (χ4v) is 4.76. The van der Waals surface area contributed by atoms with Gasteiger partial charge in [-0.25, -0.2) is 24.9 Å². The van der Waals surface area contributed by atoms with E-state index in [1.54, 1.807) is 107 Å². The van der Waals surface area contributed by atoms with Crippen molar-refractivity contribution in [3.05, 3.63) is 118 Å². The molecule has 0 fully saturated rings. The number of nitrogen functional groups attached to an aromatic ring is 2. The number of aliphatic hydroxyl groups is 1. The van der Waals surface area contributed by atoms with E-state index in [1.165, 1.54) is 27.7 Å². The van der Waals surface area contributed by atoms with Gasteiger partial charge in [0.25, 0.3) is 0 Å². The zero-order valence-corrected chi connectivity index (χ0v) is 43.5. The largest absolute Gasteiger partial charge is 0.389 e. The summed E-state index contributed by atoms with van der Waals surface area (Å²) in [5.41, 5.74) is 11.5. The highest BCUT2D eigenvalue weighted by molar-refractivity contribution is 9.10. The van der Waals surface area contributed by atoms with Crippen molar-refractivity contribution in [2.24, 2.45) is 16.2 Å². The molecule has 0 aliphatic heterocycles. The first-order valence-corrected chi connectivity index (χ1v) is 22.2. The van der Waals surface area contributed by atoms with E-state index in [-0.39, 0.29) is 46.3 Å². The number of pyridine rings is 5. The molecule has 0 spiro atoms. The fourth-order valence-electron chi connectivity index (χ4n) is 4.43. The van der Waals surface area contributed by atoms with Crippen molar-refractivity contribution in [3.8, 4) is 0 Å². The lowest BCUT2D eigenvalue weighted by molar-refractivity contribution is -0.123. The molecule has 0 aliphatic rings. The summed E-state index contributed by atoms with van der Waals surface area (Å²) in [6.07, 6.45) is 8.00. The minimum atomic E-state index is -0.649. The summed E-state index contributed by atoms with van der Waals surface area (Å²) in [6.45, 7) is 24.0. The number of rotatable bonds is 7. The number of hydrogen-bond donors (Lipinski definition) is 6. The third kappa shape index (κ3) is 24.5. The van der Waals surface area contributed by atoms with Crippen LogP contribution in [-0.2, 0) is 19.2 Å². The van der Waals surface area contributed by atoms with E-state index in [0.717, 1.165) is 10.8 Å². The quantitative estimate of drug-likeness (QED) is 0.0654. The first-order chi connectivity index (χ1) is 31.9. The van der Waals surface area contributed by atoms with Gasteiger partial charge in [0.15, 0.2) is 17.3 Å². The smallest absolute Gasteiger partial charge is 0.230 e. The van der Waals surface area contributed by atoms with Crippen molar-refractivity contribution in [3.63, 3.8) is 0 Å². The van der Waals surface area contributed by atoms with Gasteiger partial charge < -0.3 is 37.3 Å². The molecule has 8 N–H and O–H groups in total. The lowest BCUT2D eigenvalue weighted by Crippen LogP contribution is -2.28. The molecular formula is C50H67BrN10O8. The van der Waals surface area contributed by atoms with E-state index in [4.69, 9.17) is 16.3 Å². The lowest BCUT2D eigenvalue weighted by atomic mass is 9.95. The lowest BCUT2D eigenvalue weighted by Gasteiger charge is -2.19. The van der Waals surface area contributed by atoms with Gasteiger partial charge in [-0.05, 0) is 99.1 Å². The second kappa shape index (κ2) is 29.6. The summed E-state index contributed by atoms with van der Waals surface area (Å²) in [5, 5.41) is 17.6. The number of ketones is 3. The summed E-state index contributed by atoms with van der Waals surface area (Å²) >= 11 is 3.19. The Kier molecular flexibility index (Phi) is 26.5. The third-order valence-electron chi connectivity index (χ3n) is 8.37. The molecule has 1 atom stereocenters. The third-order valence-corrected chi connectivity index (χ3v) is 8.81. The molecule has 0 aromatic carbocycles. The second-order valence-corrected chi connectivity index (χ2v) is 18.7. The Morgan fingerprint density at radius 1 is 0.580 bits per heavy atom. The predicted octanol–water partition coefficient (Wildman–Crippen LogP) is 9.16. The standard InChI is InChI=1S/C12H18N2O2.C12H16N2O2.C10H14N2O.C7H7BrN2O.C7H8N2O.C2H4O/c2*1-8(15)9-6-5-7-13-10(9)14-11(16)12(2,3)4;1-10(2,3)9(13)12-8-6-4-5-7-11-8;1-4(11)6-2-5(8)3-10-7(6)9;1-5(10)6-3-2-4-9-7(6)8;1-2-3/h5-8,15H,1-4H3,(H,13,14,16);5-7H,1-4H3,(H,13,14,16);4-7H,1-3H3,(H,11,12,13);2-3H,1H3,(H2,9,10);2-4H,1H3,(H2,8,9);2H,1H3. The number of aromatic nitrogens is 5. The van der Waals surface area contributed by atoms with Crippen molar-refractivity contribution in [2.45, 2.75) is 103 Å². The summed E-state index contributed by atoms with van der Waals surface area (Å²) in [7, 11) is 0. The Bertz CT molecular complexity index is 2480. The maximum absolute atomic E-state index is 11.8. The number of anilines is 5. The van der Waals surface area contributed by atoms with Gasteiger partial charge in [-0.1, -0.05) is 74.4 Å². The van der Waals surface area contributed by atoms with Crippen LogP contribution in [0.4, 0.5) is 29.1 Å². The Labute approximate surface area is 413 Å². The number of nitrogens with two attached hydrogens (primary N) is 2. The molecule has 69 heavy (non-hydrogen) atoms. The number of nitrogens with one attached hydrogen (secondary N) is 3. The molecule has 5 rings (SSSR count). The molecule has 0 saturated heterocycles. The van der Waals surface area contributed by atoms with Crippen molar-refractivity contribution in [2.75, 3.05) is 27.4 Å². The number of aliphatic hydroxyl groups excluding tert-OH is 1. The van der Waals surface area contributed by atoms with Gasteiger partial charge in [-0.3, -0.25) is 28.8 Å². The highest BCUT2D eigenvalue weighted by Crippen LogP contribution is 2.23. The second-order valence-electron chi connectivity index (χ2n) is 17.8. The summed E-state index contributed by atoms with van der Waals surface area (Å²) in [4.78, 5) is 96.4. The molecule has 5 aromatic rings. The SMILES string of the molecule is CC(=O)c1cc(Br)cnc1N.CC(=O)c1cccnc1N.CC(=O)c1cccnc1NC(=O)C(C)(C)C.CC(C)(C)C(=O)Nc1ccccn1.CC(O)c1cccnc1NC(=O)C(C)(C)C.CC=O. The molecule has 19 heteroatoms. The minimum Gasteiger partial charge on any atom is -0.389 e. The maximum Gasteiger partial charge on any atom is 0.230 e. The van der Waals surface area contributed by atoms with Crippen LogP contribution in [0, 0.1) is 16.2 Å². The van der Waals surface area contributed by atoms with Gasteiger partial charge in [0.1, 0.15) is 35.4 Å². The molecular weight excluding hydrogens is 949 g/mol. The predicted molar refractivity (Wildman–Crippen MR) is 274 cm³/mol. The van der Waals surface area contributed by atoms with Gasteiger partial charge in [-0.2, -0.15) is 0 Å². The molecule has 372 valence electrons. The molecule has 0 aliphatic carbocycles. The number of amides is 3. The van der Waals surface area contributed by atoms with E-state index in [0.29, 0.717) is 45.5 Å². The van der Waals surface area contributed by atoms with Gasteiger partial charge >= 0.3 is 0 Å². The van der Waals surface area contributed by atoms with Crippen LogP contribution in [0.3, 0.4) is 0 Å². The molecule has 3 amide bonds. The van der Waals surface area contributed by atoms with Crippen LogP contribution >= 0.6 is 15.9 Å².